The number of hydrogen-bond acceptors (Lipinski definition) is 2. The van der Waals surface area contributed by atoms with Crippen molar-refractivity contribution >= 4 is 0 Å². The van der Waals surface area contributed by atoms with Crippen LogP contribution in [0.15, 0.2) is 0 Å². The SMILES string of the molecule is CC(C)N1CC(O)(CC(C)(C)C)C1. The van der Waals surface area contributed by atoms with Gasteiger partial charge in [0.2, 0.25) is 0 Å². The van der Waals surface area contributed by atoms with Crippen LogP contribution in [0.4, 0.5) is 0 Å². The summed E-state index contributed by atoms with van der Waals surface area (Å²) in [6.45, 7) is 12.6. The molecule has 2 heteroatoms. The lowest BCUT2D eigenvalue weighted by Crippen LogP contribution is -2.64. The minimum Gasteiger partial charge on any atom is -0.387 e. The van der Waals surface area contributed by atoms with Crippen LogP contribution in [-0.4, -0.2) is 34.7 Å². The molecule has 0 saturated carbocycles. The van der Waals surface area contributed by atoms with Crippen molar-refractivity contribution in [3.63, 3.8) is 0 Å². The fraction of sp³-hybridized carbons (Fsp3) is 1.00. The van der Waals surface area contributed by atoms with Crippen molar-refractivity contribution in [3.05, 3.63) is 0 Å². The van der Waals surface area contributed by atoms with E-state index >= 15 is 0 Å². The molecule has 1 saturated heterocycles. The third-order valence-electron chi connectivity index (χ3n) is 2.58. The maximum Gasteiger partial charge on any atom is 0.0905 e. The Hall–Kier alpha value is -0.0800. The lowest BCUT2D eigenvalue weighted by molar-refractivity contribution is -0.129. The first kappa shape index (κ1) is 11.0. The van der Waals surface area contributed by atoms with Gasteiger partial charge in [-0.25, -0.2) is 0 Å². The van der Waals surface area contributed by atoms with Crippen LogP contribution in [-0.2, 0) is 0 Å². The molecule has 1 aliphatic heterocycles. The maximum atomic E-state index is 10.1. The second-order valence-corrected chi connectivity index (χ2v) is 5.96. The molecule has 0 aromatic carbocycles. The van der Waals surface area contributed by atoms with E-state index in [1.54, 1.807) is 0 Å². The van der Waals surface area contributed by atoms with Crippen molar-refractivity contribution in [1.29, 1.82) is 0 Å². The van der Waals surface area contributed by atoms with Crippen LogP contribution in [0.25, 0.3) is 0 Å². The third-order valence-corrected chi connectivity index (χ3v) is 2.58. The zero-order chi connectivity index (χ0) is 10.3. The van der Waals surface area contributed by atoms with Crippen LogP contribution in [0, 0.1) is 5.41 Å². The van der Waals surface area contributed by atoms with E-state index in [2.05, 4.69) is 39.5 Å². The Morgan fingerprint density at radius 1 is 1.31 bits per heavy atom. The van der Waals surface area contributed by atoms with Crippen molar-refractivity contribution in [2.24, 2.45) is 5.41 Å². The average molecular weight is 185 g/mol. The molecule has 0 aliphatic carbocycles. The lowest BCUT2D eigenvalue weighted by Gasteiger charge is -2.51. The van der Waals surface area contributed by atoms with Crippen LogP contribution in [0.2, 0.25) is 0 Å². The van der Waals surface area contributed by atoms with Crippen molar-refractivity contribution < 1.29 is 5.11 Å². The van der Waals surface area contributed by atoms with Crippen molar-refractivity contribution in [2.45, 2.75) is 52.7 Å². The molecule has 1 N–H and O–H groups in total. The zero-order valence-corrected chi connectivity index (χ0v) is 9.59. The van der Waals surface area contributed by atoms with Crippen LogP contribution >= 0.6 is 0 Å². The quantitative estimate of drug-likeness (QED) is 0.710. The minimum atomic E-state index is -0.414. The highest BCUT2D eigenvalue weighted by Gasteiger charge is 2.44. The van der Waals surface area contributed by atoms with Gasteiger partial charge in [-0.15, -0.1) is 0 Å². The molecule has 1 rings (SSSR count). The van der Waals surface area contributed by atoms with Crippen LogP contribution in [0.1, 0.15) is 41.0 Å². The van der Waals surface area contributed by atoms with Crippen molar-refractivity contribution in [2.75, 3.05) is 13.1 Å². The molecular formula is C11H23NO. The van der Waals surface area contributed by atoms with Gasteiger partial charge < -0.3 is 5.11 Å². The summed E-state index contributed by atoms with van der Waals surface area (Å²) >= 11 is 0. The van der Waals surface area contributed by atoms with E-state index in [4.69, 9.17) is 0 Å². The molecule has 78 valence electrons. The van der Waals surface area contributed by atoms with Gasteiger partial charge in [-0.05, 0) is 25.7 Å². The van der Waals surface area contributed by atoms with E-state index in [9.17, 15) is 5.11 Å². The van der Waals surface area contributed by atoms with Crippen LogP contribution in [0.5, 0.6) is 0 Å². The van der Waals surface area contributed by atoms with E-state index in [-0.39, 0.29) is 5.41 Å². The molecule has 1 heterocycles. The van der Waals surface area contributed by atoms with Crippen LogP contribution in [0.3, 0.4) is 0 Å². The number of aliphatic hydroxyl groups is 1. The molecule has 1 aliphatic rings. The molecule has 0 radical (unpaired) electrons. The second-order valence-electron chi connectivity index (χ2n) is 5.96. The van der Waals surface area contributed by atoms with E-state index < -0.39 is 5.60 Å². The molecule has 0 unspecified atom stereocenters. The summed E-state index contributed by atoms with van der Waals surface area (Å²) in [4.78, 5) is 2.31. The number of rotatable bonds is 2. The van der Waals surface area contributed by atoms with Gasteiger partial charge in [-0.2, -0.15) is 0 Å². The standard InChI is InChI=1S/C11H23NO/c1-9(2)12-7-11(13,8-12)6-10(3,4)5/h9,13H,6-8H2,1-5H3. The summed E-state index contributed by atoms with van der Waals surface area (Å²) in [7, 11) is 0. The third kappa shape index (κ3) is 2.96. The summed E-state index contributed by atoms with van der Waals surface area (Å²) in [5, 5.41) is 10.1. The largest absolute Gasteiger partial charge is 0.387 e. The van der Waals surface area contributed by atoms with Gasteiger partial charge >= 0.3 is 0 Å². The molecule has 13 heavy (non-hydrogen) atoms. The Morgan fingerprint density at radius 2 is 1.77 bits per heavy atom. The van der Waals surface area contributed by atoms with E-state index in [0.29, 0.717) is 6.04 Å². The van der Waals surface area contributed by atoms with Gasteiger partial charge in [0.25, 0.3) is 0 Å². The number of nitrogens with zero attached hydrogens (tertiary/aromatic N) is 1. The summed E-state index contributed by atoms with van der Waals surface area (Å²) in [6, 6.07) is 0.570. The predicted molar refractivity (Wildman–Crippen MR) is 55.7 cm³/mol. The minimum absolute atomic E-state index is 0.234. The molecule has 0 bridgehead atoms. The number of hydrogen-bond donors (Lipinski definition) is 1. The molecule has 0 amide bonds. The highest BCUT2D eigenvalue weighted by molar-refractivity contribution is 4.98. The van der Waals surface area contributed by atoms with Crippen molar-refractivity contribution in [1.82, 2.24) is 4.90 Å². The smallest absolute Gasteiger partial charge is 0.0905 e. The molecule has 0 aromatic heterocycles. The molecule has 2 nitrogen and oxygen atoms in total. The van der Waals surface area contributed by atoms with Gasteiger partial charge in [0.15, 0.2) is 0 Å². The summed E-state index contributed by atoms with van der Waals surface area (Å²) < 4.78 is 0. The average Bonchev–Trinajstić information content (AvgIpc) is 1.77. The zero-order valence-electron chi connectivity index (χ0n) is 9.59. The van der Waals surface area contributed by atoms with E-state index in [1.165, 1.54) is 0 Å². The monoisotopic (exact) mass is 185 g/mol. The van der Waals surface area contributed by atoms with E-state index in [1.807, 2.05) is 0 Å². The van der Waals surface area contributed by atoms with Gasteiger partial charge in [-0.3, -0.25) is 4.90 Å². The Bertz CT molecular complexity index is 175. The topological polar surface area (TPSA) is 23.5 Å². The summed E-state index contributed by atoms with van der Waals surface area (Å²) in [6.07, 6.45) is 0.906. The van der Waals surface area contributed by atoms with Gasteiger partial charge in [0, 0.05) is 19.1 Å². The molecular weight excluding hydrogens is 162 g/mol. The highest BCUT2D eigenvalue weighted by atomic mass is 16.3. The predicted octanol–water partition coefficient (Wildman–Crippen LogP) is 1.88. The van der Waals surface area contributed by atoms with Gasteiger partial charge in [0.1, 0.15) is 0 Å². The Morgan fingerprint density at radius 3 is 2.08 bits per heavy atom. The first-order valence-electron chi connectivity index (χ1n) is 5.18. The number of likely N-dealkylation sites (tertiary alicyclic amines) is 1. The fourth-order valence-electron chi connectivity index (χ4n) is 2.17. The first-order chi connectivity index (χ1) is 5.72. The Labute approximate surface area is 81.9 Å². The maximum absolute atomic E-state index is 10.1. The Balaban J connectivity index is 2.38. The number of β-amino-alcohol motifs (C(OH)–C–C–N with tert-alkyl or cyclic N) is 1. The molecule has 0 aromatic rings. The molecule has 0 spiro atoms. The fourth-order valence-corrected chi connectivity index (χ4v) is 2.17. The van der Waals surface area contributed by atoms with E-state index in [0.717, 1.165) is 19.5 Å². The second kappa shape index (κ2) is 3.25. The lowest BCUT2D eigenvalue weighted by atomic mass is 9.77. The molecule has 1 fully saturated rings. The summed E-state index contributed by atoms with van der Waals surface area (Å²) in [5.74, 6) is 0. The summed E-state index contributed by atoms with van der Waals surface area (Å²) in [5.41, 5.74) is -0.180. The van der Waals surface area contributed by atoms with Gasteiger partial charge in [-0.1, -0.05) is 20.8 Å². The normalized spacial score (nSPS) is 23.3. The molecule has 0 atom stereocenters. The first-order valence-corrected chi connectivity index (χ1v) is 5.18. The van der Waals surface area contributed by atoms with Gasteiger partial charge in [0.05, 0.1) is 5.60 Å². The Kier molecular flexibility index (Phi) is 2.75. The van der Waals surface area contributed by atoms with Crippen LogP contribution < -0.4 is 0 Å². The van der Waals surface area contributed by atoms with Crippen molar-refractivity contribution in [3.8, 4) is 0 Å². The highest BCUT2D eigenvalue weighted by Crippen LogP contribution is 2.34.